The smallest absolute Gasteiger partial charge is 0.354 e. The van der Waals surface area contributed by atoms with Crippen LogP contribution >= 0.6 is 0 Å². The predicted octanol–water partition coefficient (Wildman–Crippen LogP) is 1.71. The Morgan fingerprint density at radius 1 is 1.04 bits per heavy atom. The van der Waals surface area contributed by atoms with E-state index in [2.05, 4.69) is 14.2 Å². The summed E-state index contributed by atoms with van der Waals surface area (Å²) in [5.41, 5.74) is 1.09. The summed E-state index contributed by atoms with van der Waals surface area (Å²) in [6, 6.07) is 7.04. The number of anilines is 1. The van der Waals surface area contributed by atoms with Gasteiger partial charge in [0.15, 0.2) is 0 Å². The van der Waals surface area contributed by atoms with E-state index in [9.17, 15) is 18.0 Å². The highest BCUT2D eigenvalue weighted by atomic mass is 32.2. The van der Waals surface area contributed by atoms with Gasteiger partial charge in [0.1, 0.15) is 10.6 Å². The maximum absolute atomic E-state index is 12.6. The quantitative estimate of drug-likeness (QED) is 0.808. The molecule has 0 bridgehead atoms. The van der Waals surface area contributed by atoms with Crippen LogP contribution in [0.2, 0.25) is 0 Å². The standard InChI is InChI=1S/C16H18N2O6S/c1-10-14(9-13(18(10)2)16(20)24-4)25(21,22)17-12-7-5-11(6-8-12)15(19)23-3/h5-9,17H,1-4H3. The molecule has 0 radical (unpaired) electrons. The van der Waals surface area contributed by atoms with Crippen molar-refractivity contribution in [1.29, 1.82) is 0 Å². The molecule has 0 unspecified atom stereocenters. The molecule has 0 aliphatic rings. The topological polar surface area (TPSA) is 104 Å². The molecule has 2 aromatic rings. The van der Waals surface area contributed by atoms with Crippen molar-refractivity contribution in [3.63, 3.8) is 0 Å². The average Bonchev–Trinajstić information content (AvgIpc) is 2.90. The lowest BCUT2D eigenvalue weighted by Crippen LogP contribution is -2.14. The molecule has 1 aromatic heterocycles. The van der Waals surface area contributed by atoms with Crippen LogP contribution in [-0.2, 0) is 26.5 Å². The zero-order valence-corrected chi connectivity index (χ0v) is 15.0. The second kappa shape index (κ2) is 6.98. The molecule has 0 saturated heterocycles. The number of benzene rings is 1. The molecule has 1 N–H and O–H groups in total. The number of aromatic nitrogens is 1. The Morgan fingerprint density at radius 2 is 1.60 bits per heavy atom. The largest absolute Gasteiger partial charge is 0.465 e. The summed E-state index contributed by atoms with van der Waals surface area (Å²) in [6.07, 6.45) is 0. The highest BCUT2D eigenvalue weighted by Crippen LogP contribution is 2.23. The molecule has 2 rings (SSSR count). The van der Waals surface area contributed by atoms with Gasteiger partial charge in [0, 0.05) is 18.4 Å². The van der Waals surface area contributed by atoms with Gasteiger partial charge in [0.25, 0.3) is 10.0 Å². The van der Waals surface area contributed by atoms with Crippen LogP contribution in [0.1, 0.15) is 26.5 Å². The minimum Gasteiger partial charge on any atom is -0.465 e. The third-order valence-electron chi connectivity index (χ3n) is 3.73. The Balaban J connectivity index is 2.34. The van der Waals surface area contributed by atoms with Crippen LogP contribution < -0.4 is 4.72 Å². The summed E-state index contributed by atoms with van der Waals surface area (Å²) in [7, 11) is 0.136. The molecule has 25 heavy (non-hydrogen) atoms. The first-order valence-corrected chi connectivity index (χ1v) is 8.65. The van der Waals surface area contributed by atoms with Crippen molar-refractivity contribution in [1.82, 2.24) is 4.57 Å². The molecular formula is C16H18N2O6S. The molecule has 0 atom stereocenters. The third-order valence-corrected chi connectivity index (χ3v) is 5.23. The van der Waals surface area contributed by atoms with Crippen LogP contribution in [0.25, 0.3) is 0 Å². The number of nitrogens with zero attached hydrogens (tertiary/aromatic N) is 1. The van der Waals surface area contributed by atoms with Crippen LogP contribution in [0.5, 0.6) is 0 Å². The Hall–Kier alpha value is -2.81. The van der Waals surface area contributed by atoms with Gasteiger partial charge in [0.05, 0.1) is 19.8 Å². The highest BCUT2D eigenvalue weighted by molar-refractivity contribution is 7.92. The summed E-state index contributed by atoms with van der Waals surface area (Å²) in [5.74, 6) is -1.15. The zero-order chi connectivity index (χ0) is 18.8. The Labute approximate surface area is 145 Å². The SMILES string of the molecule is COC(=O)c1ccc(NS(=O)(=O)c2cc(C(=O)OC)n(C)c2C)cc1. The van der Waals surface area contributed by atoms with Gasteiger partial charge in [-0.1, -0.05) is 0 Å². The minimum atomic E-state index is -3.92. The van der Waals surface area contributed by atoms with Gasteiger partial charge in [-0.15, -0.1) is 0 Å². The first-order chi connectivity index (χ1) is 11.7. The van der Waals surface area contributed by atoms with Crippen molar-refractivity contribution in [3.8, 4) is 0 Å². The zero-order valence-electron chi connectivity index (χ0n) is 14.2. The van der Waals surface area contributed by atoms with Gasteiger partial charge in [0.2, 0.25) is 0 Å². The Kier molecular flexibility index (Phi) is 5.17. The van der Waals surface area contributed by atoms with E-state index >= 15 is 0 Å². The van der Waals surface area contributed by atoms with Crippen molar-refractivity contribution in [2.24, 2.45) is 7.05 Å². The van der Waals surface area contributed by atoms with Gasteiger partial charge in [-0.25, -0.2) is 18.0 Å². The van der Waals surface area contributed by atoms with Crippen molar-refractivity contribution in [3.05, 3.63) is 47.3 Å². The number of ether oxygens (including phenoxy) is 2. The molecule has 0 amide bonds. The number of rotatable bonds is 5. The van der Waals surface area contributed by atoms with E-state index in [0.717, 1.165) is 0 Å². The van der Waals surface area contributed by atoms with Crippen molar-refractivity contribution < 1.29 is 27.5 Å². The van der Waals surface area contributed by atoms with Crippen LogP contribution in [0, 0.1) is 6.92 Å². The molecule has 0 fully saturated rings. The van der Waals surface area contributed by atoms with Crippen LogP contribution in [0.4, 0.5) is 5.69 Å². The van der Waals surface area contributed by atoms with E-state index in [4.69, 9.17) is 0 Å². The van der Waals surface area contributed by atoms with E-state index in [-0.39, 0.29) is 16.3 Å². The van der Waals surface area contributed by atoms with Gasteiger partial charge in [-0.3, -0.25) is 4.72 Å². The molecule has 134 valence electrons. The second-order valence-electron chi connectivity index (χ2n) is 5.20. The summed E-state index contributed by atoms with van der Waals surface area (Å²) < 4.78 is 38.3. The van der Waals surface area contributed by atoms with Gasteiger partial charge in [-0.2, -0.15) is 0 Å². The van der Waals surface area contributed by atoms with Crippen LogP contribution in [0.3, 0.4) is 0 Å². The average molecular weight is 366 g/mol. The summed E-state index contributed by atoms with van der Waals surface area (Å²) in [4.78, 5) is 23.1. The normalized spacial score (nSPS) is 11.0. The van der Waals surface area contributed by atoms with E-state index in [0.29, 0.717) is 11.3 Å². The van der Waals surface area contributed by atoms with Crippen molar-refractivity contribution in [2.45, 2.75) is 11.8 Å². The predicted molar refractivity (Wildman–Crippen MR) is 90.1 cm³/mol. The van der Waals surface area contributed by atoms with Crippen molar-refractivity contribution in [2.75, 3.05) is 18.9 Å². The Bertz CT molecular complexity index is 913. The number of carbonyl (C=O) groups excluding carboxylic acids is 2. The molecule has 0 aliphatic carbocycles. The molecular weight excluding hydrogens is 348 g/mol. The van der Waals surface area contributed by atoms with Crippen molar-refractivity contribution >= 4 is 27.6 Å². The minimum absolute atomic E-state index is 0.0348. The maximum atomic E-state index is 12.6. The van der Waals surface area contributed by atoms with Gasteiger partial charge < -0.3 is 14.0 Å². The molecule has 1 aromatic carbocycles. The third kappa shape index (κ3) is 3.66. The lowest BCUT2D eigenvalue weighted by Gasteiger charge is -2.08. The number of esters is 2. The Morgan fingerprint density at radius 3 is 2.12 bits per heavy atom. The second-order valence-corrected chi connectivity index (χ2v) is 6.86. The molecule has 0 saturated carbocycles. The lowest BCUT2D eigenvalue weighted by molar-refractivity contribution is 0.0584. The molecule has 0 aliphatic heterocycles. The lowest BCUT2D eigenvalue weighted by atomic mass is 10.2. The fourth-order valence-corrected chi connectivity index (χ4v) is 3.60. The number of methoxy groups -OCH3 is 2. The number of hydrogen-bond acceptors (Lipinski definition) is 6. The summed E-state index contributed by atoms with van der Waals surface area (Å²) in [5, 5.41) is 0. The van der Waals surface area contributed by atoms with Crippen LogP contribution in [0.15, 0.2) is 35.2 Å². The maximum Gasteiger partial charge on any atom is 0.354 e. The molecule has 8 nitrogen and oxygen atoms in total. The van der Waals surface area contributed by atoms with E-state index in [1.165, 1.54) is 49.1 Å². The first-order valence-electron chi connectivity index (χ1n) is 7.17. The van der Waals surface area contributed by atoms with E-state index in [1.54, 1.807) is 14.0 Å². The fourth-order valence-electron chi connectivity index (χ4n) is 2.25. The van der Waals surface area contributed by atoms with E-state index < -0.39 is 22.0 Å². The fraction of sp³-hybridized carbons (Fsp3) is 0.250. The first kappa shape index (κ1) is 18.5. The van der Waals surface area contributed by atoms with Gasteiger partial charge in [-0.05, 0) is 37.3 Å². The van der Waals surface area contributed by atoms with Crippen LogP contribution in [-0.4, -0.2) is 39.1 Å². The van der Waals surface area contributed by atoms with Gasteiger partial charge >= 0.3 is 11.9 Å². The molecule has 0 spiro atoms. The summed E-state index contributed by atoms with van der Waals surface area (Å²) in [6.45, 7) is 1.58. The number of nitrogens with one attached hydrogen (secondary N) is 1. The van der Waals surface area contributed by atoms with E-state index in [1.807, 2.05) is 0 Å². The summed E-state index contributed by atoms with van der Waals surface area (Å²) >= 11 is 0. The number of carbonyl (C=O) groups is 2. The number of hydrogen-bond donors (Lipinski definition) is 1. The highest BCUT2D eigenvalue weighted by Gasteiger charge is 2.24. The molecule has 9 heteroatoms. The number of sulfonamides is 1. The molecule has 1 heterocycles. The monoisotopic (exact) mass is 366 g/mol.